The summed E-state index contributed by atoms with van der Waals surface area (Å²) in [5, 5.41) is 3.19. The zero-order valence-electron chi connectivity index (χ0n) is 12.3. The van der Waals surface area contributed by atoms with Crippen LogP contribution in [0.5, 0.6) is 0 Å². The average Bonchev–Trinajstić information content (AvgIpc) is 2.35. The van der Waals surface area contributed by atoms with E-state index in [-0.39, 0.29) is 0 Å². The lowest BCUT2D eigenvalue weighted by Crippen LogP contribution is -2.29. The molecule has 0 saturated heterocycles. The minimum atomic E-state index is 0.589. The third-order valence-electron chi connectivity index (χ3n) is 3.42. The second-order valence-corrected chi connectivity index (χ2v) is 5.88. The van der Waals surface area contributed by atoms with Gasteiger partial charge < -0.3 is 10.2 Å². The van der Waals surface area contributed by atoms with Crippen LogP contribution in [-0.4, -0.2) is 32.1 Å². The van der Waals surface area contributed by atoms with Crippen LogP contribution >= 0.6 is 11.8 Å². The number of anilines is 1. The van der Waals surface area contributed by atoms with Gasteiger partial charge in [0.1, 0.15) is 0 Å². The molecule has 0 heterocycles. The van der Waals surface area contributed by atoms with Gasteiger partial charge in [-0.2, -0.15) is 11.8 Å². The fourth-order valence-corrected chi connectivity index (χ4v) is 2.72. The van der Waals surface area contributed by atoms with Gasteiger partial charge in [-0.15, -0.1) is 0 Å². The Morgan fingerprint density at radius 2 is 2.11 bits per heavy atom. The second kappa shape index (κ2) is 7.70. The Hall–Kier alpha value is -0.670. The van der Waals surface area contributed by atoms with Crippen molar-refractivity contribution in [3.8, 4) is 0 Å². The monoisotopic (exact) mass is 266 g/mol. The molecule has 2 nitrogen and oxygen atoms in total. The summed E-state index contributed by atoms with van der Waals surface area (Å²) in [6.45, 7) is 5.44. The first-order valence-corrected chi connectivity index (χ1v) is 7.95. The van der Waals surface area contributed by atoms with Gasteiger partial charge in [-0.05, 0) is 56.5 Å². The normalized spacial score (nSPS) is 12.5. The number of nitrogens with one attached hydrogen (secondary N) is 1. The van der Waals surface area contributed by atoms with E-state index in [1.807, 2.05) is 18.8 Å². The van der Waals surface area contributed by atoms with Gasteiger partial charge in [0.15, 0.2) is 0 Å². The zero-order valence-corrected chi connectivity index (χ0v) is 13.1. The van der Waals surface area contributed by atoms with Crippen molar-refractivity contribution in [2.45, 2.75) is 32.9 Å². The summed E-state index contributed by atoms with van der Waals surface area (Å²) in [6, 6.07) is 7.34. The van der Waals surface area contributed by atoms with Crippen LogP contribution < -0.4 is 10.2 Å². The summed E-state index contributed by atoms with van der Waals surface area (Å²) >= 11 is 1.92. The van der Waals surface area contributed by atoms with Crippen LogP contribution in [0.3, 0.4) is 0 Å². The molecule has 102 valence electrons. The van der Waals surface area contributed by atoms with Gasteiger partial charge in [0.25, 0.3) is 0 Å². The highest BCUT2D eigenvalue weighted by Gasteiger charge is 2.11. The fraction of sp³-hybridized carbons (Fsp3) is 0.600. The molecule has 18 heavy (non-hydrogen) atoms. The van der Waals surface area contributed by atoms with Crippen molar-refractivity contribution in [1.82, 2.24) is 5.32 Å². The Balaban J connectivity index is 2.76. The van der Waals surface area contributed by atoms with Crippen molar-refractivity contribution in [1.29, 1.82) is 0 Å². The lowest BCUT2D eigenvalue weighted by molar-refractivity contribution is 0.667. The molecule has 1 unspecified atom stereocenters. The van der Waals surface area contributed by atoms with Gasteiger partial charge >= 0.3 is 0 Å². The predicted octanol–water partition coefficient (Wildman–Crippen LogP) is 3.29. The molecule has 0 aliphatic carbocycles. The summed E-state index contributed by atoms with van der Waals surface area (Å²) < 4.78 is 0. The molecular weight excluding hydrogens is 240 g/mol. The van der Waals surface area contributed by atoms with Crippen molar-refractivity contribution in [3.63, 3.8) is 0 Å². The molecule has 1 atom stereocenters. The van der Waals surface area contributed by atoms with Crippen LogP contribution in [0.2, 0.25) is 0 Å². The van der Waals surface area contributed by atoms with E-state index in [2.05, 4.69) is 55.6 Å². The average molecular weight is 266 g/mol. The highest BCUT2D eigenvalue weighted by atomic mass is 32.2. The van der Waals surface area contributed by atoms with Gasteiger partial charge in [-0.1, -0.05) is 12.1 Å². The maximum atomic E-state index is 3.19. The molecule has 0 fully saturated rings. The van der Waals surface area contributed by atoms with E-state index in [0.717, 1.165) is 6.54 Å². The van der Waals surface area contributed by atoms with E-state index in [1.165, 1.54) is 29.0 Å². The van der Waals surface area contributed by atoms with Crippen molar-refractivity contribution < 1.29 is 0 Å². The molecule has 0 spiro atoms. The molecule has 0 bridgehead atoms. The van der Waals surface area contributed by atoms with Crippen LogP contribution in [0.1, 0.15) is 24.5 Å². The van der Waals surface area contributed by atoms with Crippen LogP contribution in [0, 0.1) is 6.92 Å². The first-order valence-electron chi connectivity index (χ1n) is 6.56. The number of rotatable bonds is 7. The molecule has 1 aromatic carbocycles. The molecule has 0 aromatic heterocycles. The van der Waals surface area contributed by atoms with Crippen LogP contribution in [0.25, 0.3) is 0 Å². The Bertz CT molecular complexity index is 366. The van der Waals surface area contributed by atoms with E-state index in [1.54, 1.807) is 0 Å². The number of nitrogens with zero attached hydrogens (tertiary/aromatic N) is 1. The molecule has 1 aromatic rings. The number of thioether (sulfide) groups is 1. The first kappa shape index (κ1) is 15.4. The third-order valence-corrected chi connectivity index (χ3v) is 4.07. The lowest BCUT2D eigenvalue weighted by atomic mass is 10.1. The quantitative estimate of drug-likeness (QED) is 0.815. The molecule has 1 N–H and O–H groups in total. The molecule has 0 aliphatic heterocycles. The van der Waals surface area contributed by atoms with Gasteiger partial charge in [0.2, 0.25) is 0 Å². The predicted molar refractivity (Wildman–Crippen MR) is 84.8 cm³/mol. The zero-order chi connectivity index (χ0) is 13.5. The summed E-state index contributed by atoms with van der Waals surface area (Å²) in [5.74, 6) is 1.22. The molecule has 0 radical (unpaired) electrons. The van der Waals surface area contributed by atoms with E-state index in [4.69, 9.17) is 0 Å². The van der Waals surface area contributed by atoms with Crippen molar-refractivity contribution in [2.75, 3.05) is 31.0 Å². The topological polar surface area (TPSA) is 15.3 Å². The molecule has 0 amide bonds. The molecular formula is C15H26N2S. The van der Waals surface area contributed by atoms with Gasteiger partial charge in [-0.3, -0.25) is 0 Å². The molecule has 0 aliphatic rings. The Labute approximate surface area is 116 Å². The summed E-state index contributed by atoms with van der Waals surface area (Å²) in [5.41, 5.74) is 4.06. The van der Waals surface area contributed by atoms with Crippen LogP contribution in [0.4, 0.5) is 5.69 Å². The Kier molecular flexibility index (Phi) is 6.58. The molecule has 0 saturated carbocycles. The molecule has 3 heteroatoms. The highest BCUT2D eigenvalue weighted by molar-refractivity contribution is 7.98. The third kappa shape index (κ3) is 4.21. The second-order valence-electron chi connectivity index (χ2n) is 4.89. The number of benzene rings is 1. The summed E-state index contributed by atoms with van der Waals surface area (Å²) in [4.78, 5) is 2.40. The Morgan fingerprint density at radius 1 is 1.39 bits per heavy atom. The number of aryl methyl sites for hydroxylation is 1. The highest BCUT2D eigenvalue weighted by Crippen LogP contribution is 2.23. The fourth-order valence-electron chi connectivity index (χ4n) is 2.15. The standard InChI is InChI=1S/C15H26N2S/c1-12-10-14(11-16-3)6-7-15(12)17(4)13(2)8-9-18-5/h6-7,10,13,16H,8-9,11H2,1-5H3. The summed E-state index contributed by atoms with van der Waals surface area (Å²) in [6.07, 6.45) is 3.40. The van der Waals surface area contributed by atoms with Gasteiger partial charge in [-0.25, -0.2) is 0 Å². The van der Waals surface area contributed by atoms with E-state index in [9.17, 15) is 0 Å². The summed E-state index contributed by atoms with van der Waals surface area (Å²) in [7, 11) is 4.19. The van der Waals surface area contributed by atoms with E-state index in [0.29, 0.717) is 6.04 Å². The number of hydrogen-bond donors (Lipinski definition) is 1. The van der Waals surface area contributed by atoms with Gasteiger partial charge in [0.05, 0.1) is 0 Å². The van der Waals surface area contributed by atoms with Crippen molar-refractivity contribution in [2.24, 2.45) is 0 Å². The maximum Gasteiger partial charge on any atom is 0.0395 e. The minimum Gasteiger partial charge on any atom is -0.372 e. The smallest absolute Gasteiger partial charge is 0.0395 e. The first-order chi connectivity index (χ1) is 8.60. The minimum absolute atomic E-state index is 0.589. The molecule has 1 rings (SSSR count). The largest absolute Gasteiger partial charge is 0.372 e. The van der Waals surface area contributed by atoms with Gasteiger partial charge in [0, 0.05) is 25.3 Å². The van der Waals surface area contributed by atoms with Crippen LogP contribution in [-0.2, 0) is 6.54 Å². The SMILES string of the molecule is CNCc1ccc(N(C)C(C)CCSC)c(C)c1. The lowest BCUT2D eigenvalue weighted by Gasteiger charge is -2.28. The van der Waals surface area contributed by atoms with Crippen molar-refractivity contribution in [3.05, 3.63) is 29.3 Å². The number of hydrogen-bond acceptors (Lipinski definition) is 3. The van der Waals surface area contributed by atoms with E-state index < -0.39 is 0 Å². The Morgan fingerprint density at radius 3 is 2.67 bits per heavy atom. The van der Waals surface area contributed by atoms with E-state index >= 15 is 0 Å². The maximum absolute atomic E-state index is 3.19. The van der Waals surface area contributed by atoms with Crippen molar-refractivity contribution >= 4 is 17.4 Å². The van der Waals surface area contributed by atoms with Crippen LogP contribution in [0.15, 0.2) is 18.2 Å².